The molecular formula is C65H43NO. The van der Waals surface area contributed by atoms with Gasteiger partial charge in [0.05, 0.1) is 5.41 Å². The highest BCUT2D eigenvalue weighted by molar-refractivity contribution is 6.07. The van der Waals surface area contributed by atoms with Gasteiger partial charge in [-0.05, 0) is 149 Å². The van der Waals surface area contributed by atoms with E-state index in [9.17, 15) is 0 Å². The maximum Gasteiger partial charge on any atom is 0.137 e. The van der Waals surface area contributed by atoms with Gasteiger partial charge in [-0.25, -0.2) is 0 Å². The van der Waals surface area contributed by atoms with Crippen LogP contribution in [-0.4, -0.2) is 0 Å². The van der Waals surface area contributed by atoms with Crippen molar-refractivity contribution in [3.05, 3.63) is 257 Å². The molecule has 10 aromatic carbocycles. The van der Waals surface area contributed by atoms with Gasteiger partial charge in [0.1, 0.15) is 11.2 Å². The van der Waals surface area contributed by atoms with Crippen molar-refractivity contribution < 1.29 is 4.42 Å². The first kappa shape index (κ1) is 37.1. The average molecular weight is 854 g/mol. The number of hydrogen-bond acceptors (Lipinski definition) is 2. The molecule has 0 amide bonds. The third kappa shape index (κ3) is 4.79. The Hall–Kier alpha value is -8.20. The number of fused-ring (bicyclic) bond motifs is 22. The topological polar surface area (TPSA) is 16.4 Å². The fraction of sp³-hybridized carbons (Fsp3) is 0.0769. The predicted octanol–water partition coefficient (Wildman–Crippen LogP) is 16.9. The van der Waals surface area contributed by atoms with Crippen LogP contribution in [0.2, 0.25) is 0 Å². The van der Waals surface area contributed by atoms with E-state index < -0.39 is 5.41 Å². The van der Waals surface area contributed by atoms with E-state index in [1.807, 2.05) is 6.07 Å². The van der Waals surface area contributed by atoms with Crippen molar-refractivity contribution in [2.75, 3.05) is 4.90 Å². The monoisotopic (exact) mass is 853 g/mol. The summed E-state index contributed by atoms with van der Waals surface area (Å²) in [5, 5.41) is 2.25. The Morgan fingerprint density at radius 1 is 0.343 bits per heavy atom. The van der Waals surface area contributed by atoms with Crippen molar-refractivity contribution >= 4 is 39.0 Å². The van der Waals surface area contributed by atoms with E-state index in [0.29, 0.717) is 0 Å². The second kappa shape index (κ2) is 13.2. The summed E-state index contributed by atoms with van der Waals surface area (Å²) in [6.07, 6.45) is 0.956. The van der Waals surface area contributed by atoms with Crippen LogP contribution in [-0.2, 0) is 17.3 Å². The molecule has 1 atom stereocenters. The molecule has 2 heteroatoms. The highest BCUT2D eigenvalue weighted by Gasteiger charge is 2.51. The molecule has 0 radical (unpaired) electrons. The average Bonchev–Trinajstić information content (AvgIpc) is 4.07. The first-order chi connectivity index (χ1) is 33.0. The maximum absolute atomic E-state index is 6.61. The second-order valence-corrected chi connectivity index (χ2v) is 19.5. The van der Waals surface area contributed by atoms with Gasteiger partial charge < -0.3 is 9.32 Å². The Kier molecular flexibility index (Phi) is 7.31. The third-order valence-corrected chi connectivity index (χ3v) is 15.9. The molecule has 1 spiro atoms. The molecule has 4 aliphatic carbocycles. The Morgan fingerprint density at radius 2 is 0.881 bits per heavy atom. The summed E-state index contributed by atoms with van der Waals surface area (Å²) < 4.78 is 6.61. The molecule has 67 heavy (non-hydrogen) atoms. The van der Waals surface area contributed by atoms with Crippen molar-refractivity contribution in [2.24, 2.45) is 0 Å². The van der Waals surface area contributed by atoms with E-state index in [1.165, 1.54) is 100 Å². The van der Waals surface area contributed by atoms with Gasteiger partial charge in [-0.15, -0.1) is 0 Å². The van der Waals surface area contributed by atoms with Crippen molar-refractivity contribution in [3.63, 3.8) is 0 Å². The Morgan fingerprint density at radius 3 is 1.70 bits per heavy atom. The number of furan rings is 1. The van der Waals surface area contributed by atoms with Gasteiger partial charge in [0, 0.05) is 39.3 Å². The predicted molar refractivity (Wildman–Crippen MR) is 276 cm³/mol. The highest BCUT2D eigenvalue weighted by Crippen LogP contribution is 2.64. The first-order valence-electron chi connectivity index (χ1n) is 23.6. The summed E-state index contributed by atoms with van der Waals surface area (Å²) in [6.45, 7) is 4.74. The molecule has 314 valence electrons. The lowest BCUT2D eigenvalue weighted by molar-refractivity contribution is 0.660. The van der Waals surface area contributed by atoms with E-state index in [1.54, 1.807) is 0 Å². The Labute approximate surface area is 390 Å². The molecule has 11 aromatic rings. The van der Waals surface area contributed by atoms with Crippen LogP contribution in [0.3, 0.4) is 0 Å². The van der Waals surface area contributed by atoms with E-state index in [2.05, 4.69) is 225 Å². The summed E-state index contributed by atoms with van der Waals surface area (Å²) in [4.78, 5) is 2.46. The fourth-order valence-electron chi connectivity index (χ4n) is 13.1. The first-order valence-corrected chi connectivity index (χ1v) is 23.6. The zero-order valence-electron chi connectivity index (χ0n) is 37.3. The molecule has 2 nitrogen and oxygen atoms in total. The van der Waals surface area contributed by atoms with Gasteiger partial charge in [-0.3, -0.25) is 0 Å². The Bertz CT molecular complexity index is 3960. The van der Waals surface area contributed by atoms with Crippen molar-refractivity contribution in [1.29, 1.82) is 0 Å². The molecule has 0 bridgehead atoms. The smallest absolute Gasteiger partial charge is 0.137 e. The number of benzene rings is 10. The maximum atomic E-state index is 6.61. The standard InChI is InChI=1S/C65H43NO/c1-64(2)54-23-11-7-20-48(54)49-31-28-42(37-59(49)64)66(43-29-32-51-50-21-10-14-26-60(50)67-61(51)38-43)41-30-34-57-53(36-41)46-18-6-5-17-45(46)47-19-8-12-24-55(47)65(57)56-25-13-9-22-52(56)63-58(65)33-27-40-35-39-15-3-4-16-44(39)62(40)63/h3-34,36-38H,35H2,1-2H3. The normalized spacial score (nSPS) is 16.0. The lowest BCUT2D eigenvalue weighted by Crippen LogP contribution is -2.29. The molecule has 0 N–H and O–H groups in total. The minimum Gasteiger partial charge on any atom is -0.456 e. The van der Waals surface area contributed by atoms with Crippen LogP contribution in [0.5, 0.6) is 0 Å². The number of hydrogen-bond donors (Lipinski definition) is 0. The highest BCUT2D eigenvalue weighted by atomic mass is 16.3. The van der Waals surface area contributed by atoms with Crippen LogP contribution in [0.25, 0.3) is 77.6 Å². The van der Waals surface area contributed by atoms with Crippen LogP contribution < -0.4 is 4.90 Å². The second-order valence-electron chi connectivity index (χ2n) is 19.5. The summed E-state index contributed by atoms with van der Waals surface area (Å²) in [5.74, 6) is 0. The summed E-state index contributed by atoms with van der Waals surface area (Å²) in [7, 11) is 0. The minimum absolute atomic E-state index is 0.162. The molecule has 4 aliphatic rings. The molecule has 0 saturated carbocycles. The van der Waals surface area contributed by atoms with Crippen LogP contribution in [0, 0.1) is 0 Å². The summed E-state index contributed by atoms with van der Waals surface area (Å²) in [6, 6.07) is 80.0. The van der Waals surface area contributed by atoms with Crippen LogP contribution in [0.15, 0.2) is 217 Å². The molecule has 1 unspecified atom stereocenters. The molecule has 0 aliphatic heterocycles. The van der Waals surface area contributed by atoms with Gasteiger partial charge in [0.2, 0.25) is 0 Å². The third-order valence-electron chi connectivity index (χ3n) is 15.9. The zero-order valence-corrected chi connectivity index (χ0v) is 37.3. The van der Waals surface area contributed by atoms with Crippen molar-refractivity contribution in [3.8, 4) is 55.6 Å². The van der Waals surface area contributed by atoms with Gasteiger partial charge in [0.25, 0.3) is 0 Å². The van der Waals surface area contributed by atoms with Crippen LogP contribution in [0.4, 0.5) is 17.1 Å². The number of nitrogens with zero attached hydrogens (tertiary/aromatic N) is 1. The fourth-order valence-corrected chi connectivity index (χ4v) is 13.1. The lowest BCUT2D eigenvalue weighted by Gasteiger charge is -2.36. The molecule has 1 heterocycles. The number of para-hydroxylation sites is 1. The number of rotatable bonds is 3. The van der Waals surface area contributed by atoms with E-state index >= 15 is 0 Å². The molecule has 0 saturated heterocycles. The SMILES string of the molecule is CC1(C)c2ccccc2-c2ccc(N(c3ccc4c(c3)-c3ccccc3-c3ccccc3C43c4ccccc4-c4c3ccc3c4-c4ccccc4C3)c3ccc4c(c3)oc3ccccc34)cc21. The van der Waals surface area contributed by atoms with Crippen molar-refractivity contribution in [1.82, 2.24) is 0 Å². The molecule has 15 rings (SSSR count). The van der Waals surface area contributed by atoms with Crippen LogP contribution in [0.1, 0.15) is 58.4 Å². The summed E-state index contributed by atoms with van der Waals surface area (Å²) >= 11 is 0. The van der Waals surface area contributed by atoms with E-state index in [0.717, 1.165) is 45.4 Å². The Balaban J connectivity index is 1.03. The molecule has 1 aromatic heterocycles. The molecular weight excluding hydrogens is 811 g/mol. The minimum atomic E-state index is -0.594. The van der Waals surface area contributed by atoms with E-state index in [-0.39, 0.29) is 5.41 Å². The van der Waals surface area contributed by atoms with Gasteiger partial charge >= 0.3 is 0 Å². The van der Waals surface area contributed by atoms with Crippen LogP contribution >= 0.6 is 0 Å². The quantitative estimate of drug-likeness (QED) is 0.176. The van der Waals surface area contributed by atoms with Gasteiger partial charge in [-0.1, -0.05) is 178 Å². The van der Waals surface area contributed by atoms with Gasteiger partial charge in [0.15, 0.2) is 0 Å². The zero-order chi connectivity index (χ0) is 44.2. The number of anilines is 3. The largest absolute Gasteiger partial charge is 0.456 e. The molecule has 0 fully saturated rings. The van der Waals surface area contributed by atoms with Crippen molar-refractivity contribution in [2.45, 2.75) is 31.1 Å². The van der Waals surface area contributed by atoms with E-state index in [4.69, 9.17) is 4.42 Å². The lowest BCUT2D eigenvalue weighted by atomic mass is 9.65. The summed E-state index contributed by atoms with van der Waals surface area (Å²) in [5.41, 5.74) is 28.2. The van der Waals surface area contributed by atoms with Gasteiger partial charge in [-0.2, -0.15) is 0 Å².